The van der Waals surface area contributed by atoms with Gasteiger partial charge in [-0.1, -0.05) is 155 Å². The molecule has 0 aliphatic rings. The largest absolute Gasteiger partial charge is 0.264 e. The van der Waals surface area contributed by atoms with Crippen LogP contribution in [0.4, 0.5) is 0 Å². The topological polar surface area (TPSA) is 12.9 Å². The summed E-state index contributed by atoms with van der Waals surface area (Å²) in [7, 11) is 0. The van der Waals surface area contributed by atoms with Gasteiger partial charge in [0.05, 0.1) is 0 Å². The maximum absolute atomic E-state index is 4.32. The zero-order chi connectivity index (χ0) is 33.7. The van der Waals surface area contributed by atoms with Crippen molar-refractivity contribution in [3.05, 3.63) is 175 Å². The predicted molar refractivity (Wildman–Crippen MR) is 213 cm³/mol. The molecule has 49 heavy (non-hydrogen) atoms. The number of aromatic nitrogens is 1. The van der Waals surface area contributed by atoms with Gasteiger partial charge >= 0.3 is 0 Å². The van der Waals surface area contributed by atoms with E-state index in [1.54, 1.807) is 6.20 Å². The molecule has 1 heteroatoms. The van der Waals surface area contributed by atoms with E-state index in [0.717, 1.165) is 11.1 Å². The van der Waals surface area contributed by atoms with Gasteiger partial charge in [0, 0.05) is 12.4 Å². The van der Waals surface area contributed by atoms with Gasteiger partial charge in [0.25, 0.3) is 0 Å². The van der Waals surface area contributed by atoms with E-state index in [0.29, 0.717) is 0 Å². The van der Waals surface area contributed by atoms with E-state index < -0.39 is 0 Å². The molecule has 8 aromatic rings. The minimum atomic E-state index is 0.0649. The average molecular weight is 630 g/mol. The lowest BCUT2D eigenvalue weighted by Crippen LogP contribution is -2.10. The second-order valence-electron chi connectivity index (χ2n) is 14.1. The maximum atomic E-state index is 4.32. The Morgan fingerprint density at radius 1 is 0.612 bits per heavy atom. The number of hydrogen-bond acceptors (Lipinski definition) is 1. The SMILES string of the molecule is C=C/C(=C\C=C(/C)c1cc(-c2ccc(-c3cccc4ccccc34)cc2)c2ccc3cc(C(C)(C)C)cc4ccc1c2c43)c1cccnc1. The van der Waals surface area contributed by atoms with E-state index >= 15 is 0 Å². The molecule has 0 bridgehead atoms. The van der Waals surface area contributed by atoms with Crippen LogP contribution in [0.3, 0.4) is 0 Å². The highest BCUT2D eigenvalue weighted by Gasteiger charge is 2.20. The summed E-state index contributed by atoms with van der Waals surface area (Å²) in [5.74, 6) is 0. The van der Waals surface area contributed by atoms with Gasteiger partial charge in [-0.25, -0.2) is 0 Å². The van der Waals surface area contributed by atoms with Crippen LogP contribution < -0.4 is 0 Å². The predicted octanol–water partition coefficient (Wildman–Crippen LogP) is 13.4. The Labute approximate surface area is 288 Å². The molecule has 0 aliphatic heterocycles. The molecule has 1 heterocycles. The third kappa shape index (κ3) is 5.42. The first-order valence-electron chi connectivity index (χ1n) is 17.1. The van der Waals surface area contributed by atoms with Crippen LogP contribution in [0.1, 0.15) is 44.4 Å². The summed E-state index contributed by atoms with van der Waals surface area (Å²) in [5.41, 5.74) is 10.9. The van der Waals surface area contributed by atoms with E-state index in [1.807, 2.05) is 18.3 Å². The monoisotopic (exact) mass is 629 g/mol. The molecule has 0 unspecified atom stereocenters. The Morgan fingerprint density at radius 3 is 2.00 bits per heavy atom. The molecule has 7 aromatic carbocycles. The smallest absolute Gasteiger partial charge is 0.0346 e. The number of rotatable bonds is 6. The van der Waals surface area contributed by atoms with Crippen molar-refractivity contribution in [1.82, 2.24) is 4.98 Å². The molecule has 0 saturated carbocycles. The second-order valence-corrected chi connectivity index (χ2v) is 14.1. The van der Waals surface area contributed by atoms with E-state index in [2.05, 4.69) is 167 Å². The number of pyridine rings is 1. The summed E-state index contributed by atoms with van der Waals surface area (Å²) in [5, 5.41) is 10.3. The third-order valence-corrected chi connectivity index (χ3v) is 10.0. The first-order valence-corrected chi connectivity index (χ1v) is 17.1. The average Bonchev–Trinajstić information content (AvgIpc) is 3.13. The van der Waals surface area contributed by atoms with Crippen LogP contribution in [0, 0.1) is 0 Å². The Morgan fingerprint density at radius 2 is 1.31 bits per heavy atom. The zero-order valence-electron chi connectivity index (χ0n) is 28.6. The highest BCUT2D eigenvalue weighted by atomic mass is 14.6. The summed E-state index contributed by atoms with van der Waals surface area (Å²) in [6.07, 6.45) is 9.98. The number of fused-ring (bicyclic) bond motifs is 1. The Hall–Kier alpha value is -5.79. The fourth-order valence-electron chi connectivity index (χ4n) is 7.34. The van der Waals surface area contributed by atoms with Crippen molar-refractivity contribution in [2.75, 3.05) is 0 Å². The van der Waals surface area contributed by atoms with Crippen molar-refractivity contribution >= 4 is 54.2 Å². The molecule has 0 saturated heterocycles. The van der Waals surface area contributed by atoms with Gasteiger partial charge in [-0.3, -0.25) is 4.98 Å². The quantitative estimate of drug-likeness (QED) is 0.132. The number of benzene rings is 7. The Bertz CT molecular complexity index is 2550. The van der Waals surface area contributed by atoms with Crippen molar-refractivity contribution in [3.63, 3.8) is 0 Å². The minimum Gasteiger partial charge on any atom is -0.264 e. The Balaban J connectivity index is 1.35. The molecule has 0 fully saturated rings. The van der Waals surface area contributed by atoms with Gasteiger partial charge in [-0.2, -0.15) is 0 Å². The maximum Gasteiger partial charge on any atom is 0.0346 e. The van der Waals surface area contributed by atoms with Crippen LogP contribution in [0.2, 0.25) is 0 Å². The molecule has 1 aromatic heterocycles. The molecule has 8 rings (SSSR count). The third-order valence-electron chi connectivity index (χ3n) is 10.0. The van der Waals surface area contributed by atoms with Gasteiger partial charge < -0.3 is 0 Å². The molecule has 236 valence electrons. The molecule has 0 amide bonds. The number of nitrogens with zero attached hydrogens (tertiary/aromatic N) is 1. The highest BCUT2D eigenvalue weighted by molar-refractivity contribution is 6.27. The molecular weight excluding hydrogens is 591 g/mol. The van der Waals surface area contributed by atoms with Gasteiger partial charge in [0.1, 0.15) is 0 Å². The van der Waals surface area contributed by atoms with Crippen molar-refractivity contribution in [2.24, 2.45) is 0 Å². The lowest BCUT2D eigenvalue weighted by molar-refractivity contribution is 0.591. The van der Waals surface area contributed by atoms with Gasteiger partial charge in [-0.15, -0.1) is 0 Å². The standard InChI is InChI=1S/C48H39N/c1-6-32(38-13-10-26-49-30-38)17-16-31(2)44-29-45(35-20-18-34(19-21-35)41-15-9-12-33-11-7-8-14-40(33)41)43-25-23-37-28-39(48(3,4)5)27-36-22-24-42(44)47(43)46(36)37/h6-30H,1H2,2-5H3/b31-16+,32-17+. The highest BCUT2D eigenvalue weighted by Crippen LogP contribution is 2.44. The van der Waals surface area contributed by atoms with Crippen LogP contribution in [0.5, 0.6) is 0 Å². The fourth-order valence-corrected chi connectivity index (χ4v) is 7.34. The zero-order valence-corrected chi connectivity index (χ0v) is 28.6. The summed E-state index contributed by atoms with van der Waals surface area (Å²) in [4.78, 5) is 4.32. The summed E-state index contributed by atoms with van der Waals surface area (Å²) in [6, 6.07) is 44.9. The fraction of sp³-hybridized carbons (Fsp3) is 0.104. The van der Waals surface area contributed by atoms with Crippen LogP contribution in [-0.4, -0.2) is 4.98 Å². The van der Waals surface area contributed by atoms with Crippen molar-refractivity contribution in [2.45, 2.75) is 33.1 Å². The molecule has 0 radical (unpaired) electrons. The van der Waals surface area contributed by atoms with Crippen molar-refractivity contribution in [1.29, 1.82) is 0 Å². The van der Waals surface area contributed by atoms with Crippen LogP contribution in [-0.2, 0) is 5.41 Å². The van der Waals surface area contributed by atoms with E-state index in [1.165, 1.54) is 82.0 Å². The van der Waals surface area contributed by atoms with Crippen LogP contribution >= 0.6 is 0 Å². The van der Waals surface area contributed by atoms with Gasteiger partial charge in [0.2, 0.25) is 0 Å². The molecular formula is C48H39N. The van der Waals surface area contributed by atoms with Crippen molar-refractivity contribution < 1.29 is 0 Å². The summed E-state index contributed by atoms with van der Waals surface area (Å²) < 4.78 is 0. The lowest BCUT2D eigenvalue weighted by Gasteiger charge is -2.23. The van der Waals surface area contributed by atoms with Crippen molar-refractivity contribution in [3.8, 4) is 22.3 Å². The Kier molecular flexibility index (Phi) is 7.49. The summed E-state index contributed by atoms with van der Waals surface area (Å²) in [6.45, 7) is 13.2. The van der Waals surface area contributed by atoms with E-state index in [9.17, 15) is 0 Å². The van der Waals surface area contributed by atoms with Gasteiger partial charge in [0.15, 0.2) is 0 Å². The van der Waals surface area contributed by atoms with E-state index in [-0.39, 0.29) is 5.41 Å². The summed E-state index contributed by atoms with van der Waals surface area (Å²) >= 11 is 0. The van der Waals surface area contributed by atoms with Crippen LogP contribution in [0.25, 0.3) is 76.5 Å². The normalized spacial score (nSPS) is 12.8. The first-order chi connectivity index (χ1) is 23.8. The minimum absolute atomic E-state index is 0.0649. The van der Waals surface area contributed by atoms with E-state index in [4.69, 9.17) is 0 Å². The lowest BCUT2D eigenvalue weighted by atomic mass is 9.81. The molecule has 0 N–H and O–H groups in total. The molecule has 0 atom stereocenters. The molecule has 0 spiro atoms. The first kappa shape index (κ1) is 30.5. The molecule has 0 aliphatic carbocycles. The molecule has 1 nitrogen and oxygen atoms in total. The number of hydrogen-bond donors (Lipinski definition) is 0. The van der Waals surface area contributed by atoms with Gasteiger partial charge in [-0.05, 0) is 118 Å². The second kappa shape index (κ2) is 12.0. The van der Waals surface area contributed by atoms with Crippen LogP contribution in [0.15, 0.2) is 159 Å². The number of allylic oxidation sites excluding steroid dienone is 5.